The molecule has 0 spiro atoms. The molecule has 0 bridgehead atoms. The lowest BCUT2D eigenvalue weighted by Crippen LogP contribution is -2.22. The predicted molar refractivity (Wildman–Crippen MR) is 87.4 cm³/mol. The van der Waals surface area contributed by atoms with Crippen LogP contribution in [0, 0.1) is 0 Å². The third-order valence-electron chi connectivity index (χ3n) is 2.48. The van der Waals surface area contributed by atoms with Gasteiger partial charge in [0.2, 0.25) is 0 Å². The monoisotopic (exact) mass is 276 g/mol. The number of hydrogen-bond donors (Lipinski definition) is 1. The van der Waals surface area contributed by atoms with Crippen molar-refractivity contribution >= 4 is 5.84 Å². The molecule has 0 aromatic rings. The van der Waals surface area contributed by atoms with Gasteiger partial charge in [-0.15, -0.1) is 0 Å². The summed E-state index contributed by atoms with van der Waals surface area (Å²) in [6, 6.07) is 0. The summed E-state index contributed by atoms with van der Waals surface area (Å²) in [5.41, 5.74) is 2.49. The highest BCUT2D eigenvalue weighted by atomic mass is 19.1. The van der Waals surface area contributed by atoms with Crippen molar-refractivity contribution in [3.63, 3.8) is 0 Å². The van der Waals surface area contributed by atoms with Gasteiger partial charge < -0.3 is 5.32 Å². The van der Waals surface area contributed by atoms with Gasteiger partial charge in [0.05, 0.1) is 5.70 Å². The SMILES string of the molecule is C=C/C(=C\C)NC(CCC)=N/C(=C/C=C\CF)C(=C)C. The number of halogens is 1. The maximum atomic E-state index is 12.1. The Labute approximate surface area is 122 Å². The van der Waals surface area contributed by atoms with Gasteiger partial charge in [-0.05, 0) is 38.0 Å². The molecule has 0 aliphatic rings. The first-order valence-electron chi connectivity index (χ1n) is 6.81. The van der Waals surface area contributed by atoms with Crippen molar-refractivity contribution in [1.82, 2.24) is 5.32 Å². The molecule has 0 atom stereocenters. The number of amidine groups is 1. The molecule has 110 valence electrons. The number of alkyl halides is 1. The van der Waals surface area contributed by atoms with Gasteiger partial charge in [-0.2, -0.15) is 0 Å². The second kappa shape index (κ2) is 11.0. The lowest BCUT2D eigenvalue weighted by atomic mass is 10.2. The predicted octanol–water partition coefficient (Wildman–Crippen LogP) is 4.85. The largest absolute Gasteiger partial charge is 0.344 e. The normalized spacial score (nSPS) is 13.7. The van der Waals surface area contributed by atoms with E-state index in [1.165, 1.54) is 6.08 Å². The van der Waals surface area contributed by atoms with Gasteiger partial charge in [-0.1, -0.05) is 38.3 Å². The molecule has 2 nitrogen and oxygen atoms in total. The number of allylic oxidation sites excluding steroid dienone is 6. The topological polar surface area (TPSA) is 24.4 Å². The fourth-order valence-corrected chi connectivity index (χ4v) is 1.42. The molecular formula is C17H25FN2. The maximum Gasteiger partial charge on any atom is 0.108 e. The van der Waals surface area contributed by atoms with E-state index in [4.69, 9.17) is 0 Å². The lowest BCUT2D eigenvalue weighted by Gasteiger charge is -2.11. The van der Waals surface area contributed by atoms with Crippen molar-refractivity contribution in [3.05, 3.63) is 60.5 Å². The third kappa shape index (κ3) is 7.52. The van der Waals surface area contributed by atoms with Crippen molar-refractivity contribution in [2.75, 3.05) is 6.67 Å². The molecule has 0 fully saturated rings. The van der Waals surface area contributed by atoms with Crippen LogP contribution >= 0.6 is 0 Å². The molecule has 0 aromatic heterocycles. The number of nitrogens with zero attached hydrogens (tertiary/aromatic N) is 1. The van der Waals surface area contributed by atoms with Crippen LogP contribution < -0.4 is 5.32 Å². The Kier molecular flexibility index (Phi) is 9.93. The number of nitrogens with one attached hydrogen (secondary N) is 1. The van der Waals surface area contributed by atoms with Crippen LogP contribution in [0.3, 0.4) is 0 Å². The molecule has 0 aromatic carbocycles. The summed E-state index contributed by atoms with van der Waals surface area (Å²) in [5, 5.41) is 3.24. The average molecular weight is 276 g/mol. The Bertz CT molecular complexity index is 440. The Morgan fingerprint density at radius 3 is 2.55 bits per heavy atom. The smallest absolute Gasteiger partial charge is 0.108 e. The Balaban J connectivity index is 5.28. The van der Waals surface area contributed by atoms with Crippen LogP contribution in [0.4, 0.5) is 4.39 Å². The fraction of sp³-hybridized carbons (Fsp3) is 0.353. The number of hydrogen-bond acceptors (Lipinski definition) is 1. The third-order valence-corrected chi connectivity index (χ3v) is 2.48. The lowest BCUT2D eigenvalue weighted by molar-refractivity contribution is 0.562. The number of aliphatic imine (C=N–C) groups is 1. The van der Waals surface area contributed by atoms with E-state index in [9.17, 15) is 4.39 Å². The van der Waals surface area contributed by atoms with Crippen molar-refractivity contribution in [2.45, 2.75) is 33.6 Å². The Hall–Kier alpha value is -1.90. The van der Waals surface area contributed by atoms with E-state index in [0.29, 0.717) is 0 Å². The quantitative estimate of drug-likeness (QED) is 0.382. The standard InChI is InChI=1S/C17H25FN2/c1-6-11-17(19-15(7-2)8-3)20-16(14(4)5)12-9-10-13-18/h7-10,12H,2,4,6,11,13H2,1,3,5H3,(H,19,20)/b10-9-,15-8+,16-12+. The molecule has 20 heavy (non-hydrogen) atoms. The summed E-state index contributed by atoms with van der Waals surface area (Å²) >= 11 is 0. The van der Waals surface area contributed by atoms with Gasteiger partial charge >= 0.3 is 0 Å². The maximum absolute atomic E-state index is 12.1. The van der Waals surface area contributed by atoms with E-state index in [-0.39, 0.29) is 0 Å². The zero-order chi connectivity index (χ0) is 15.4. The highest BCUT2D eigenvalue weighted by Crippen LogP contribution is 2.11. The van der Waals surface area contributed by atoms with Gasteiger partial charge in [0.15, 0.2) is 0 Å². The molecule has 0 aliphatic heterocycles. The molecule has 0 saturated heterocycles. The molecule has 1 N–H and O–H groups in total. The molecule has 0 unspecified atom stereocenters. The van der Waals surface area contributed by atoms with Gasteiger partial charge in [0, 0.05) is 12.1 Å². The first kappa shape index (κ1) is 18.1. The van der Waals surface area contributed by atoms with Crippen LogP contribution in [0.25, 0.3) is 0 Å². The highest BCUT2D eigenvalue weighted by Gasteiger charge is 2.02. The van der Waals surface area contributed by atoms with Crippen LogP contribution in [-0.4, -0.2) is 12.5 Å². The molecule has 0 aliphatic carbocycles. The molecule has 3 heteroatoms. The van der Waals surface area contributed by atoms with Crippen molar-refractivity contribution in [1.29, 1.82) is 0 Å². The Morgan fingerprint density at radius 2 is 2.10 bits per heavy atom. The van der Waals surface area contributed by atoms with Crippen molar-refractivity contribution in [2.24, 2.45) is 4.99 Å². The van der Waals surface area contributed by atoms with Gasteiger partial charge in [0.25, 0.3) is 0 Å². The summed E-state index contributed by atoms with van der Waals surface area (Å²) in [5.74, 6) is 0.850. The first-order valence-corrected chi connectivity index (χ1v) is 6.81. The summed E-state index contributed by atoms with van der Waals surface area (Å²) in [7, 11) is 0. The minimum atomic E-state index is -0.483. The molecule has 0 saturated carbocycles. The minimum Gasteiger partial charge on any atom is -0.344 e. The van der Waals surface area contributed by atoms with Crippen LogP contribution in [0.1, 0.15) is 33.6 Å². The molecule has 0 radical (unpaired) electrons. The van der Waals surface area contributed by atoms with E-state index in [1.807, 2.05) is 19.9 Å². The van der Waals surface area contributed by atoms with E-state index in [2.05, 4.69) is 30.4 Å². The average Bonchev–Trinajstić information content (AvgIpc) is 2.43. The van der Waals surface area contributed by atoms with Gasteiger partial charge in [-0.25, -0.2) is 9.38 Å². The summed E-state index contributed by atoms with van der Waals surface area (Å²) < 4.78 is 12.1. The van der Waals surface area contributed by atoms with Gasteiger partial charge in [-0.3, -0.25) is 0 Å². The minimum absolute atomic E-state index is 0.483. The second-order valence-corrected chi connectivity index (χ2v) is 4.30. The second-order valence-electron chi connectivity index (χ2n) is 4.30. The molecular weight excluding hydrogens is 251 g/mol. The van der Waals surface area contributed by atoms with E-state index in [0.717, 1.165) is 35.6 Å². The highest BCUT2D eigenvalue weighted by molar-refractivity contribution is 5.85. The first-order chi connectivity index (χ1) is 9.58. The van der Waals surface area contributed by atoms with Gasteiger partial charge in [0.1, 0.15) is 12.5 Å². The molecule has 0 rings (SSSR count). The summed E-state index contributed by atoms with van der Waals surface area (Å²) in [4.78, 5) is 4.58. The Morgan fingerprint density at radius 1 is 1.40 bits per heavy atom. The van der Waals surface area contributed by atoms with Crippen LogP contribution in [0.2, 0.25) is 0 Å². The van der Waals surface area contributed by atoms with Crippen LogP contribution in [0.5, 0.6) is 0 Å². The summed E-state index contributed by atoms with van der Waals surface area (Å²) in [6.45, 7) is 13.1. The zero-order valence-corrected chi connectivity index (χ0v) is 12.7. The van der Waals surface area contributed by atoms with Crippen LogP contribution in [0.15, 0.2) is 65.5 Å². The van der Waals surface area contributed by atoms with Crippen molar-refractivity contribution in [3.8, 4) is 0 Å². The summed E-state index contributed by atoms with van der Waals surface area (Å²) in [6.07, 6.45) is 10.3. The van der Waals surface area contributed by atoms with E-state index >= 15 is 0 Å². The van der Waals surface area contributed by atoms with Crippen molar-refractivity contribution < 1.29 is 4.39 Å². The van der Waals surface area contributed by atoms with E-state index < -0.39 is 6.67 Å². The molecule has 0 amide bonds. The van der Waals surface area contributed by atoms with Crippen LogP contribution in [-0.2, 0) is 0 Å². The fourth-order valence-electron chi connectivity index (χ4n) is 1.42. The molecule has 0 heterocycles. The number of rotatable bonds is 8. The van der Waals surface area contributed by atoms with E-state index in [1.54, 1.807) is 18.2 Å². The zero-order valence-electron chi connectivity index (χ0n) is 12.7.